The highest BCUT2D eigenvalue weighted by molar-refractivity contribution is 7.89. The van der Waals surface area contributed by atoms with Gasteiger partial charge in [-0.05, 0) is 38.1 Å². The van der Waals surface area contributed by atoms with E-state index in [2.05, 4.69) is 4.72 Å². The molecule has 5 nitrogen and oxygen atoms in total. The van der Waals surface area contributed by atoms with Gasteiger partial charge in [-0.2, -0.15) is 8.42 Å². The summed E-state index contributed by atoms with van der Waals surface area (Å²) in [5.41, 5.74) is 0. The number of sulfonamides is 1. The Balaban J connectivity index is 3.12. The summed E-state index contributed by atoms with van der Waals surface area (Å²) < 4.78 is 59.3. The first-order chi connectivity index (χ1) is 7.63. The van der Waals surface area contributed by atoms with Gasteiger partial charge in [-0.25, -0.2) is 13.1 Å². The summed E-state index contributed by atoms with van der Waals surface area (Å²) in [5.74, 6) is 0. The number of nitrogens with one attached hydrogen (secondary N) is 1. The van der Waals surface area contributed by atoms with Gasteiger partial charge in [0.25, 0.3) is 0 Å². The van der Waals surface area contributed by atoms with Gasteiger partial charge in [-0.1, -0.05) is 0 Å². The zero-order valence-electron chi connectivity index (χ0n) is 9.21. The van der Waals surface area contributed by atoms with Crippen LogP contribution in [0.1, 0.15) is 13.8 Å². The molecule has 17 heavy (non-hydrogen) atoms. The topological polar surface area (TPSA) is 80.3 Å². The van der Waals surface area contributed by atoms with Crippen LogP contribution in [0.5, 0.6) is 0 Å². The lowest BCUT2D eigenvalue weighted by atomic mass is 10.4. The second-order valence-corrected chi connectivity index (χ2v) is 6.75. The minimum atomic E-state index is -4.80. The molecule has 0 amide bonds. The Bertz CT molecular complexity index is 590. The molecule has 0 aliphatic heterocycles. The van der Waals surface area contributed by atoms with E-state index in [1.165, 1.54) is 0 Å². The van der Waals surface area contributed by atoms with Gasteiger partial charge in [0.05, 0.1) is 9.79 Å². The van der Waals surface area contributed by atoms with Crippen LogP contribution >= 0.6 is 0 Å². The Morgan fingerprint density at radius 1 is 1.00 bits per heavy atom. The van der Waals surface area contributed by atoms with E-state index in [1.807, 2.05) is 0 Å². The predicted molar refractivity (Wildman–Crippen MR) is 60.2 cm³/mol. The summed E-state index contributed by atoms with van der Waals surface area (Å²) in [6.07, 6.45) is 0. The Labute approximate surface area is 99.9 Å². The van der Waals surface area contributed by atoms with Crippen molar-refractivity contribution in [1.82, 2.24) is 4.72 Å². The normalized spacial score (nSPS) is 12.9. The molecule has 0 bridgehead atoms. The molecule has 0 saturated heterocycles. The molecule has 0 heterocycles. The summed E-state index contributed by atoms with van der Waals surface area (Å²) >= 11 is 0. The van der Waals surface area contributed by atoms with Crippen molar-refractivity contribution < 1.29 is 20.7 Å². The standard InChI is InChI=1S/C9H12FNO4S2/c1-7(2)11-17(14,15)9-5-3-8(4-6-9)16(10,12)13/h3-7,11H,1-2H3. The van der Waals surface area contributed by atoms with Crippen molar-refractivity contribution in [1.29, 1.82) is 0 Å². The van der Waals surface area contributed by atoms with E-state index in [4.69, 9.17) is 0 Å². The minimum Gasteiger partial charge on any atom is -0.209 e. The van der Waals surface area contributed by atoms with E-state index in [0.29, 0.717) is 0 Å². The monoisotopic (exact) mass is 281 g/mol. The molecule has 1 rings (SSSR count). The van der Waals surface area contributed by atoms with Gasteiger partial charge in [-0.3, -0.25) is 0 Å². The Hall–Kier alpha value is -0.990. The lowest BCUT2D eigenvalue weighted by Gasteiger charge is -2.09. The summed E-state index contributed by atoms with van der Waals surface area (Å²) in [4.78, 5) is -0.681. The van der Waals surface area contributed by atoms with Gasteiger partial charge >= 0.3 is 10.2 Å². The molecular weight excluding hydrogens is 269 g/mol. The van der Waals surface area contributed by atoms with Gasteiger partial charge in [-0.15, -0.1) is 3.89 Å². The first-order valence-corrected chi connectivity index (χ1v) is 7.56. The van der Waals surface area contributed by atoms with E-state index in [9.17, 15) is 20.7 Å². The Kier molecular flexibility index (Phi) is 3.90. The number of rotatable bonds is 4. The minimum absolute atomic E-state index is 0.112. The number of hydrogen-bond acceptors (Lipinski definition) is 4. The van der Waals surface area contributed by atoms with Crippen LogP contribution in [0.2, 0.25) is 0 Å². The molecule has 1 aromatic rings. The van der Waals surface area contributed by atoms with Crippen molar-refractivity contribution in [3.8, 4) is 0 Å². The average molecular weight is 281 g/mol. The maximum Gasteiger partial charge on any atom is 0.332 e. The second-order valence-electron chi connectivity index (χ2n) is 3.69. The lowest BCUT2D eigenvalue weighted by molar-refractivity contribution is 0.551. The molecule has 96 valence electrons. The third kappa shape index (κ3) is 3.76. The molecule has 1 aromatic carbocycles. The highest BCUT2D eigenvalue weighted by Gasteiger charge is 2.17. The van der Waals surface area contributed by atoms with Crippen LogP contribution < -0.4 is 4.72 Å². The predicted octanol–water partition coefficient (Wildman–Crippen LogP) is 1.03. The molecule has 0 aliphatic rings. The van der Waals surface area contributed by atoms with Crippen molar-refractivity contribution in [3.05, 3.63) is 24.3 Å². The summed E-state index contributed by atoms with van der Waals surface area (Å²) in [5, 5.41) is 0. The Morgan fingerprint density at radius 2 is 1.41 bits per heavy atom. The summed E-state index contributed by atoms with van der Waals surface area (Å²) in [6.45, 7) is 3.30. The van der Waals surface area contributed by atoms with Crippen LogP contribution in [0, 0.1) is 0 Å². The molecule has 0 radical (unpaired) electrons. The third-order valence-corrected chi connectivity index (χ3v) is 4.32. The zero-order valence-corrected chi connectivity index (χ0v) is 10.8. The van der Waals surface area contributed by atoms with Gasteiger partial charge in [0.1, 0.15) is 0 Å². The largest absolute Gasteiger partial charge is 0.332 e. The molecule has 0 spiro atoms. The quantitative estimate of drug-likeness (QED) is 0.836. The van der Waals surface area contributed by atoms with Gasteiger partial charge in [0.15, 0.2) is 0 Å². The van der Waals surface area contributed by atoms with Crippen molar-refractivity contribution in [3.63, 3.8) is 0 Å². The van der Waals surface area contributed by atoms with Crippen molar-refractivity contribution in [2.45, 2.75) is 29.7 Å². The summed E-state index contributed by atoms with van der Waals surface area (Å²) in [6, 6.07) is 3.60. The maximum atomic E-state index is 12.6. The first-order valence-electron chi connectivity index (χ1n) is 4.70. The first kappa shape index (κ1) is 14.1. The van der Waals surface area contributed by atoms with E-state index < -0.39 is 25.1 Å². The molecular formula is C9H12FNO4S2. The third-order valence-electron chi connectivity index (χ3n) is 1.81. The molecule has 0 aliphatic carbocycles. The Morgan fingerprint density at radius 3 is 1.76 bits per heavy atom. The van der Waals surface area contributed by atoms with Gasteiger partial charge in [0.2, 0.25) is 10.0 Å². The number of hydrogen-bond donors (Lipinski definition) is 1. The van der Waals surface area contributed by atoms with Crippen LogP contribution in [-0.4, -0.2) is 22.9 Å². The fourth-order valence-corrected chi connectivity index (χ4v) is 2.87. The smallest absolute Gasteiger partial charge is 0.209 e. The molecule has 0 fully saturated rings. The van der Waals surface area contributed by atoms with Crippen LogP contribution in [-0.2, 0) is 20.2 Å². The fourth-order valence-electron chi connectivity index (χ4n) is 1.16. The fraction of sp³-hybridized carbons (Fsp3) is 0.333. The van der Waals surface area contributed by atoms with Crippen molar-refractivity contribution >= 4 is 20.2 Å². The van der Waals surface area contributed by atoms with Gasteiger partial charge in [0, 0.05) is 6.04 Å². The van der Waals surface area contributed by atoms with Crippen LogP contribution in [0.3, 0.4) is 0 Å². The highest BCUT2D eigenvalue weighted by Crippen LogP contribution is 2.16. The SMILES string of the molecule is CC(C)NS(=O)(=O)c1ccc(S(=O)(=O)F)cc1. The molecule has 0 aromatic heterocycles. The lowest BCUT2D eigenvalue weighted by Crippen LogP contribution is -2.30. The molecule has 0 atom stereocenters. The molecule has 1 N–H and O–H groups in total. The van der Waals surface area contributed by atoms with Crippen LogP contribution in [0.25, 0.3) is 0 Å². The van der Waals surface area contributed by atoms with E-state index in [1.54, 1.807) is 13.8 Å². The molecule has 0 unspecified atom stereocenters. The van der Waals surface area contributed by atoms with Crippen molar-refractivity contribution in [2.24, 2.45) is 0 Å². The highest BCUT2D eigenvalue weighted by atomic mass is 32.3. The van der Waals surface area contributed by atoms with Gasteiger partial charge < -0.3 is 0 Å². The second kappa shape index (κ2) is 4.71. The summed E-state index contributed by atoms with van der Waals surface area (Å²) in [7, 11) is -8.49. The average Bonchev–Trinajstić information content (AvgIpc) is 2.14. The molecule has 0 saturated carbocycles. The molecule has 8 heteroatoms. The zero-order chi connectivity index (χ0) is 13.3. The van der Waals surface area contributed by atoms with Crippen LogP contribution in [0.15, 0.2) is 34.1 Å². The number of benzene rings is 1. The number of halogens is 1. The maximum absolute atomic E-state index is 12.6. The van der Waals surface area contributed by atoms with Crippen LogP contribution in [0.4, 0.5) is 3.89 Å². The van der Waals surface area contributed by atoms with E-state index >= 15 is 0 Å². The van der Waals surface area contributed by atoms with E-state index in [-0.39, 0.29) is 10.9 Å². The van der Waals surface area contributed by atoms with Crippen molar-refractivity contribution in [2.75, 3.05) is 0 Å². The van der Waals surface area contributed by atoms with E-state index in [0.717, 1.165) is 24.3 Å².